The number of halogens is 3. The molecule has 18 heavy (non-hydrogen) atoms. The van der Waals surface area contributed by atoms with Crippen molar-refractivity contribution in [3.05, 3.63) is 48.7 Å². The van der Waals surface area contributed by atoms with Crippen LogP contribution in [0.15, 0.2) is 48.7 Å². The van der Waals surface area contributed by atoms with Crippen molar-refractivity contribution in [2.24, 2.45) is 0 Å². The van der Waals surface area contributed by atoms with E-state index >= 15 is 0 Å². The summed E-state index contributed by atoms with van der Waals surface area (Å²) in [5.74, 6) is 0. The van der Waals surface area contributed by atoms with Gasteiger partial charge in [-0.3, -0.25) is 0 Å². The Bertz CT molecular complexity index is 769. The Balaban J connectivity index is 2.44. The summed E-state index contributed by atoms with van der Waals surface area (Å²) in [7, 11) is -6.79. The Morgan fingerprint density at radius 1 is 0.833 bits per heavy atom. The normalized spacial score (nSPS) is 21.2. The summed E-state index contributed by atoms with van der Waals surface area (Å²) in [6.45, 7) is 0. The van der Waals surface area contributed by atoms with Gasteiger partial charge in [-0.1, -0.05) is 0 Å². The van der Waals surface area contributed by atoms with E-state index in [9.17, 15) is 12.3 Å². The van der Waals surface area contributed by atoms with Gasteiger partial charge in [0, 0.05) is 0 Å². The van der Waals surface area contributed by atoms with Gasteiger partial charge >= 0.3 is 101 Å². The molecule has 0 aliphatic carbocycles. The van der Waals surface area contributed by atoms with Crippen LogP contribution in [0.4, 0.5) is 12.3 Å². The zero-order valence-electron chi connectivity index (χ0n) is 9.20. The van der Waals surface area contributed by atoms with Gasteiger partial charge in [-0.25, -0.2) is 0 Å². The first-order chi connectivity index (χ1) is 8.47. The Labute approximate surface area is 101 Å². The summed E-state index contributed by atoms with van der Waals surface area (Å²) in [5.41, 5.74) is 0.312. The van der Waals surface area contributed by atoms with Crippen LogP contribution in [0.1, 0.15) is 0 Å². The first kappa shape index (κ1) is 10.1. The number of hydrogen-bond donors (Lipinski definition) is 0. The predicted molar refractivity (Wildman–Crippen MR) is 65.8 cm³/mol. The zero-order valence-corrected chi connectivity index (χ0v) is 10.2. The number of hydrogen-bond acceptors (Lipinski definition) is 0. The summed E-state index contributed by atoms with van der Waals surface area (Å²) in [6, 6.07) is 11.1. The van der Waals surface area contributed by atoms with Crippen LogP contribution in [-0.4, -0.2) is 8.51 Å². The third-order valence-corrected chi connectivity index (χ3v) is 6.05. The summed E-state index contributed by atoms with van der Waals surface area (Å²) in [6.07, 6.45) is 1.15. The van der Waals surface area contributed by atoms with Crippen molar-refractivity contribution in [3.63, 3.8) is 0 Å². The van der Waals surface area contributed by atoms with Gasteiger partial charge in [-0.05, 0) is 0 Å². The Kier molecular flexibility index (Phi) is 1.45. The van der Waals surface area contributed by atoms with Gasteiger partial charge in [0.1, 0.15) is 0 Å². The maximum atomic E-state index is 14.4. The molecule has 4 rings (SSSR count). The summed E-state index contributed by atoms with van der Waals surface area (Å²) >= 11 is 0. The quantitative estimate of drug-likeness (QED) is 0.333. The number of nitrogens with zero attached hydrogens (tertiary/aromatic N) is 1. The van der Waals surface area contributed by atoms with Crippen molar-refractivity contribution in [3.8, 4) is 0 Å². The maximum absolute atomic E-state index is 14.4. The second kappa shape index (κ2) is 2.59. The summed E-state index contributed by atoms with van der Waals surface area (Å²) < 4.78 is 43.9. The first-order valence-corrected chi connectivity index (χ1v) is 7.71. The standard InChI is InChI=1S/C13H8F3NSi/c14-18(15,16)11-5-1-3-9-6-7-10-4-2-8-17(18)13(10)12(9)11/h1-8H. The summed E-state index contributed by atoms with van der Waals surface area (Å²) in [4.78, 5) is 0. The molecule has 2 aromatic carbocycles. The molecule has 0 fully saturated rings. The van der Waals surface area contributed by atoms with Crippen LogP contribution in [0.5, 0.6) is 0 Å². The van der Waals surface area contributed by atoms with Crippen molar-refractivity contribution in [1.82, 2.24) is 0 Å². The minimum absolute atomic E-state index is 0.312. The fourth-order valence-corrected chi connectivity index (χ4v) is 5.05. The van der Waals surface area contributed by atoms with Crippen LogP contribution in [0.2, 0.25) is 0 Å². The molecule has 0 amide bonds. The molecule has 0 unspecified atom stereocenters. The SMILES string of the molecule is F[Si-]1(F)(F)c2cccc3ccc4ccc[n+]1c4c23. The second-order valence-corrected chi connectivity index (χ2v) is 7.40. The fraction of sp³-hybridized carbons (Fsp3) is 0. The van der Waals surface area contributed by atoms with E-state index in [-0.39, 0.29) is 0 Å². The Morgan fingerprint density at radius 2 is 1.56 bits per heavy atom. The average molecular weight is 263 g/mol. The molecule has 0 spiro atoms. The van der Waals surface area contributed by atoms with E-state index in [2.05, 4.69) is 0 Å². The molecule has 0 bridgehead atoms. The number of rotatable bonds is 0. The molecule has 90 valence electrons. The molecule has 1 nitrogen and oxygen atoms in total. The van der Waals surface area contributed by atoms with E-state index in [0.717, 1.165) is 6.20 Å². The molecule has 1 aromatic heterocycles. The van der Waals surface area contributed by atoms with Crippen molar-refractivity contribution in [2.75, 3.05) is 0 Å². The van der Waals surface area contributed by atoms with Crippen LogP contribution < -0.4 is 9.42 Å². The number of benzene rings is 2. The van der Waals surface area contributed by atoms with E-state index < -0.39 is 13.7 Å². The van der Waals surface area contributed by atoms with Crippen molar-refractivity contribution in [2.45, 2.75) is 0 Å². The minimum atomic E-state index is -6.79. The van der Waals surface area contributed by atoms with E-state index in [1.165, 1.54) is 18.2 Å². The third kappa shape index (κ3) is 0.930. The molecule has 1 aliphatic heterocycles. The second-order valence-electron chi connectivity index (χ2n) is 4.65. The van der Waals surface area contributed by atoms with E-state index in [1.807, 2.05) is 0 Å². The Morgan fingerprint density at radius 3 is 2.39 bits per heavy atom. The fourth-order valence-electron chi connectivity index (χ4n) is 2.84. The molecular weight excluding hydrogens is 255 g/mol. The molecule has 0 radical (unpaired) electrons. The molecule has 2 heterocycles. The molecule has 1 aliphatic rings. The van der Waals surface area contributed by atoms with Gasteiger partial charge in [-0.2, -0.15) is 0 Å². The van der Waals surface area contributed by atoms with E-state index in [1.54, 1.807) is 24.3 Å². The van der Waals surface area contributed by atoms with Crippen molar-refractivity contribution < 1.29 is 16.6 Å². The topological polar surface area (TPSA) is 3.88 Å². The molecule has 3 aromatic rings. The average Bonchev–Trinajstić information content (AvgIpc) is 2.55. The molecular formula is C13H8F3NSi. The van der Waals surface area contributed by atoms with Gasteiger partial charge in [0.05, 0.1) is 0 Å². The first-order valence-electron chi connectivity index (χ1n) is 5.63. The van der Waals surface area contributed by atoms with E-state index in [4.69, 9.17) is 0 Å². The Hall–Kier alpha value is -1.88. The van der Waals surface area contributed by atoms with Crippen LogP contribution in [0, 0.1) is 0 Å². The third-order valence-electron chi connectivity index (χ3n) is 3.62. The van der Waals surface area contributed by atoms with Gasteiger partial charge in [0.25, 0.3) is 0 Å². The molecule has 5 heteroatoms. The van der Waals surface area contributed by atoms with Gasteiger partial charge < -0.3 is 0 Å². The van der Waals surface area contributed by atoms with Crippen LogP contribution in [-0.2, 0) is 0 Å². The van der Waals surface area contributed by atoms with Gasteiger partial charge in [-0.15, -0.1) is 0 Å². The molecule has 0 saturated carbocycles. The molecule has 0 atom stereocenters. The van der Waals surface area contributed by atoms with Crippen LogP contribution in [0.3, 0.4) is 0 Å². The monoisotopic (exact) mass is 263 g/mol. The zero-order chi connectivity index (χ0) is 12.6. The van der Waals surface area contributed by atoms with Crippen LogP contribution in [0.25, 0.3) is 21.7 Å². The van der Waals surface area contributed by atoms with Crippen molar-refractivity contribution in [1.29, 1.82) is 0 Å². The molecule has 0 N–H and O–H groups in total. The number of aromatic nitrogens is 1. The van der Waals surface area contributed by atoms with Gasteiger partial charge in [0.15, 0.2) is 0 Å². The number of pyridine rings is 1. The van der Waals surface area contributed by atoms with Crippen molar-refractivity contribution >= 4 is 35.4 Å². The summed E-state index contributed by atoms with van der Waals surface area (Å²) in [5, 5.41) is 1.23. The van der Waals surface area contributed by atoms with Crippen LogP contribution >= 0.6 is 0 Å². The van der Waals surface area contributed by atoms with E-state index in [0.29, 0.717) is 25.9 Å². The predicted octanol–water partition coefficient (Wildman–Crippen LogP) is 2.65. The molecule has 0 saturated heterocycles. The van der Waals surface area contributed by atoms with Gasteiger partial charge in [0.2, 0.25) is 0 Å².